The van der Waals surface area contributed by atoms with Crippen LogP contribution < -0.4 is 10.6 Å². The van der Waals surface area contributed by atoms with Crippen LogP contribution in [-0.2, 0) is 5.41 Å². The molecule has 2 atom stereocenters. The summed E-state index contributed by atoms with van der Waals surface area (Å²) in [6.07, 6.45) is 2.20. The van der Waals surface area contributed by atoms with Crippen LogP contribution in [-0.4, -0.2) is 29.8 Å². The highest BCUT2D eigenvalue weighted by Crippen LogP contribution is 2.28. The molecule has 0 radical (unpaired) electrons. The van der Waals surface area contributed by atoms with Gasteiger partial charge in [0.05, 0.1) is 6.10 Å². The summed E-state index contributed by atoms with van der Waals surface area (Å²) in [7, 11) is 0. The number of hydrogen-bond donors (Lipinski definition) is 3. The van der Waals surface area contributed by atoms with Crippen LogP contribution in [0.5, 0.6) is 0 Å². The minimum atomic E-state index is -0.484. The molecular weight excluding hydrogens is 300 g/mol. The van der Waals surface area contributed by atoms with E-state index in [-0.39, 0.29) is 23.4 Å². The molecule has 0 bridgehead atoms. The van der Waals surface area contributed by atoms with E-state index in [4.69, 9.17) is 0 Å². The van der Waals surface area contributed by atoms with Crippen LogP contribution in [0.3, 0.4) is 0 Å². The van der Waals surface area contributed by atoms with Crippen LogP contribution in [0.15, 0.2) is 30.3 Å². The van der Waals surface area contributed by atoms with Gasteiger partial charge in [0, 0.05) is 12.6 Å². The van der Waals surface area contributed by atoms with E-state index in [0.29, 0.717) is 6.54 Å². The molecule has 1 rings (SSSR count). The molecule has 2 amide bonds. The van der Waals surface area contributed by atoms with Crippen LogP contribution in [0.25, 0.3) is 0 Å². The maximum absolute atomic E-state index is 12.0. The fourth-order valence-corrected chi connectivity index (χ4v) is 3.30. The summed E-state index contributed by atoms with van der Waals surface area (Å²) in [5.41, 5.74) is 1.26. The number of nitrogens with one attached hydrogen (secondary N) is 2. The van der Waals surface area contributed by atoms with Crippen LogP contribution in [0.4, 0.5) is 4.79 Å². The average molecular weight is 335 g/mol. The Balaban J connectivity index is 2.44. The Bertz CT molecular complexity index is 484. The van der Waals surface area contributed by atoms with E-state index in [9.17, 15) is 9.90 Å². The SMILES string of the molecule is CCC(CC)C(O)CNC(=O)NC(C)CC(C)(C)c1ccccc1. The molecule has 4 heteroatoms. The van der Waals surface area contributed by atoms with Gasteiger partial charge in [0.1, 0.15) is 0 Å². The molecule has 0 heterocycles. The molecule has 1 aromatic rings. The fourth-order valence-electron chi connectivity index (χ4n) is 3.30. The normalized spacial score (nSPS) is 14.3. The van der Waals surface area contributed by atoms with Gasteiger partial charge in [-0.3, -0.25) is 0 Å². The average Bonchev–Trinajstić information content (AvgIpc) is 2.54. The third-order valence-corrected chi connectivity index (χ3v) is 4.81. The van der Waals surface area contributed by atoms with Crippen molar-refractivity contribution in [1.82, 2.24) is 10.6 Å². The maximum atomic E-state index is 12.0. The van der Waals surface area contributed by atoms with E-state index >= 15 is 0 Å². The topological polar surface area (TPSA) is 61.4 Å². The lowest BCUT2D eigenvalue weighted by Crippen LogP contribution is -2.46. The second kappa shape index (κ2) is 9.67. The summed E-state index contributed by atoms with van der Waals surface area (Å²) in [5.74, 6) is 0.236. The highest BCUT2D eigenvalue weighted by Gasteiger charge is 2.24. The molecule has 0 aromatic heterocycles. The van der Waals surface area contributed by atoms with Crippen molar-refractivity contribution in [3.8, 4) is 0 Å². The predicted octanol–water partition coefficient (Wildman–Crippen LogP) is 3.84. The Labute approximate surface area is 147 Å². The molecule has 0 aliphatic rings. The number of hydrogen-bond acceptors (Lipinski definition) is 2. The van der Waals surface area contributed by atoms with Gasteiger partial charge in [-0.15, -0.1) is 0 Å². The number of benzene rings is 1. The van der Waals surface area contributed by atoms with Gasteiger partial charge in [-0.1, -0.05) is 70.9 Å². The number of carbonyl (C=O) groups is 1. The summed E-state index contributed by atoms with van der Waals surface area (Å²) in [6, 6.07) is 10.2. The Hall–Kier alpha value is -1.55. The van der Waals surface area contributed by atoms with Gasteiger partial charge < -0.3 is 15.7 Å². The number of urea groups is 1. The molecule has 0 aliphatic carbocycles. The van der Waals surface area contributed by atoms with E-state index in [0.717, 1.165) is 19.3 Å². The summed E-state index contributed by atoms with van der Waals surface area (Å²) >= 11 is 0. The number of rotatable bonds is 9. The van der Waals surface area contributed by atoms with Gasteiger partial charge in [0.2, 0.25) is 0 Å². The van der Waals surface area contributed by atoms with E-state index in [2.05, 4.69) is 50.5 Å². The zero-order chi connectivity index (χ0) is 18.2. The molecule has 1 aromatic carbocycles. The van der Waals surface area contributed by atoms with Gasteiger partial charge in [-0.2, -0.15) is 0 Å². The summed E-state index contributed by atoms with van der Waals surface area (Å²) in [6.45, 7) is 10.8. The second-order valence-electron chi connectivity index (χ2n) is 7.35. The van der Waals surface area contributed by atoms with E-state index in [1.165, 1.54) is 5.56 Å². The quantitative estimate of drug-likeness (QED) is 0.642. The first kappa shape index (κ1) is 20.5. The molecule has 24 heavy (non-hydrogen) atoms. The van der Waals surface area contributed by atoms with Crippen LogP contribution >= 0.6 is 0 Å². The first-order chi connectivity index (χ1) is 11.3. The van der Waals surface area contributed by atoms with E-state index < -0.39 is 6.10 Å². The lowest BCUT2D eigenvalue weighted by molar-refractivity contribution is 0.103. The maximum Gasteiger partial charge on any atom is 0.315 e. The molecule has 0 fully saturated rings. The first-order valence-electron chi connectivity index (χ1n) is 9.08. The van der Waals surface area contributed by atoms with Crippen molar-refractivity contribution in [2.24, 2.45) is 5.92 Å². The predicted molar refractivity (Wildman–Crippen MR) is 100 cm³/mol. The highest BCUT2D eigenvalue weighted by molar-refractivity contribution is 5.74. The largest absolute Gasteiger partial charge is 0.391 e. The highest BCUT2D eigenvalue weighted by atomic mass is 16.3. The van der Waals surface area contributed by atoms with E-state index in [1.54, 1.807) is 0 Å². The Morgan fingerprint density at radius 3 is 2.29 bits per heavy atom. The van der Waals surface area contributed by atoms with Gasteiger partial charge in [-0.05, 0) is 30.2 Å². The smallest absolute Gasteiger partial charge is 0.315 e. The number of aliphatic hydroxyl groups excluding tert-OH is 1. The molecule has 0 saturated carbocycles. The van der Waals surface area contributed by atoms with Gasteiger partial charge in [0.15, 0.2) is 0 Å². The van der Waals surface area contributed by atoms with Crippen molar-refractivity contribution in [3.63, 3.8) is 0 Å². The van der Waals surface area contributed by atoms with Gasteiger partial charge >= 0.3 is 6.03 Å². The molecule has 0 spiro atoms. The van der Waals surface area contributed by atoms with Crippen LogP contribution in [0, 0.1) is 5.92 Å². The standard InChI is InChI=1S/C20H34N2O2/c1-6-16(7-2)18(23)14-21-19(24)22-15(3)13-20(4,5)17-11-9-8-10-12-17/h8-12,15-16,18,23H,6-7,13-14H2,1-5H3,(H2,21,22,24). The third-order valence-electron chi connectivity index (χ3n) is 4.81. The summed E-state index contributed by atoms with van der Waals surface area (Å²) in [5, 5.41) is 15.8. The van der Waals surface area contributed by atoms with Crippen molar-refractivity contribution >= 4 is 6.03 Å². The van der Waals surface area contributed by atoms with Crippen LogP contribution in [0.1, 0.15) is 59.4 Å². The number of amides is 2. The zero-order valence-electron chi connectivity index (χ0n) is 15.8. The third kappa shape index (κ3) is 6.52. The summed E-state index contributed by atoms with van der Waals surface area (Å²) in [4.78, 5) is 12.0. The van der Waals surface area contributed by atoms with Crippen molar-refractivity contribution in [3.05, 3.63) is 35.9 Å². The number of aliphatic hydroxyl groups is 1. The number of carbonyl (C=O) groups excluding carboxylic acids is 1. The molecule has 2 unspecified atom stereocenters. The molecule has 0 saturated heterocycles. The first-order valence-corrected chi connectivity index (χ1v) is 9.08. The second-order valence-corrected chi connectivity index (χ2v) is 7.35. The molecule has 136 valence electrons. The minimum Gasteiger partial charge on any atom is -0.391 e. The molecule has 3 N–H and O–H groups in total. The molecular formula is C20H34N2O2. The lowest BCUT2D eigenvalue weighted by atomic mass is 9.79. The Morgan fingerprint density at radius 2 is 1.75 bits per heavy atom. The summed E-state index contributed by atoms with van der Waals surface area (Å²) < 4.78 is 0. The van der Waals surface area contributed by atoms with Gasteiger partial charge in [-0.25, -0.2) is 4.79 Å². The van der Waals surface area contributed by atoms with Crippen molar-refractivity contribution in [2.45, 2.75) is 71.4 Å². The monoisotopic (exact) mass is 334 g/mol. The van der Waals surface area contributed by atoms with Crippen molar-refractivity contribution in [1.29, 1.82) is 0 Å². The van der Waals surface area contributed by atoms with Crippen molar-refractivity contribution < 1.29 is 9.90 Å². The van der Waals surface area contributed by atoms with Crippen molar-refractivity contribution in [2.75, 3.05) is 6.54 Å². The van der Waals surface area contributed by atoms with Crippen LogP contribution in [0.2, 0.25) is 0 Å². The Kier molecular flexibility index (Phi) is 8.26. The minimum absolute atomic E-state index is 0.0109. The Morgan fingerprint density at radius 1 is 1.17 bits per heavy atom. The lowest BCUT2D eigenvalue weighted by Gasteiger charge is -2.29. The fraction of sp³-hybridized carbons (Fsp3) is 0.650. The molecule has 0 aliphatic heterocycles. The zero-order valence-corrected chi connectivity index (χ0v) is 15.8. The molecule has 4 nitrogen and oxygen atoms in total. The van der Waals surface area contributed by atoms with E-state index in [1.807, 2.05) is 25.1 Å². The van der Waals surface area contributed by atoms with Gasteiger partial charge in [0.25, 0.3) is 0 Å².